The van der Waals surface area contributed by atoms with Crippen molar-refractivity contribution >= 4 is 11.7 Å². The molecular weight excluding hydrogens is 380 g/mol. The molecule has 0 unspecified atom stereocenters. The number of carbonyl (C=O) groups is 1. The van der Waals surface area contributed by atoms with Crippen LogP contribution in [0.5, 0.6) is 0 Å². The lowest BCUT2D eigenvalue weighted by atomic mass is 10.2. The third-order valence-corrected chi connectivity index (χ3v) is 4.91. The van der Waals surface area contributed by atoms with Crippen LogP contribution in [0.2, 0.25) is 0 Å². The van der Waals surface area contributed by atoms with Crippen LogP contribution in [0.15, 0.2) is 35.2 Å². The normalized spacial score (nSPS) is 15.0. The SMILES string of the molecule is Cn1c([N+](=O)[O-])cnc1Cn1cc(CN2CCN(C(=O)c3ccco3)CC2)nn1. The molecule has 1 aliphatic heterocycles. The van der Waals surface area contributed by atoms with E-state index in [2.05, 4.69) is 20.2 Å². The van der Waals surface area contributed by atoms with Gasteiger partial charge in [0.2, 0.25) is 5.82 Å². The zero-order valence-electron chi connectivity index (χ0n) is 15.8. The molecule has 152 valence electrons. The van der Waals surface area contributed by atoms with Crippen LogP contribution in [0.3, 0.4) is 0 Å². The van der Waals surface area contributed by atoms with E-state index in [0.717, 1.165) is 18.8 Å². The van der Waals surface area contributed by atoms with E-state index in [1.54, 1.807) is 35.0 Å². The fourth-order valence-corrected chi connectivity index (χ4v) is 3.28. The number of furan rings is 1. The van der Waals surface area contributed by atoms with E-state index >= 15 is 0 Å². The Balaban J connectivity index is 1.31. The van der Waals surface area contributed by atoms with Crippen LogP contribution in [-0.4, -0.2) is 71.4 Å². The second kappa shape index (κ2) is 7.83. The Morgan fingerprint density at radius 1 is 1.28 bits per heavy atom. The summed E-state index contributed by atoms with van der Waals surface area (Å²) in [7, 11) is 1.60. The van der Waals surface area contributed by atoms with Gasteiger partial charge in [0.25, 0.3) is 5.91 Å². The van der Waals surface area contributed by atoms with Gasteiger partial charge in [-0.1, -0.05) is 5.21 Å². The third kappa shape index (κ3) is 4.01. The molecule has 12 nitrogen and oxygen atoms in total. The lowest BCUT2D eigenvalue weighted by molar-refractivity contribution is -0.391. The first-order chi connectivity index (χ1) is 14.0. The molecule has 4 rings (SSSR count). The van der Waals surface area contributed by atoms with Gasteiger partial charge in [-0.15, -0.1) is 5.10 Å². The molecule has 4 heterocycles. The molecule has 1 aliphatic rings. The van der Waals surface area contributed by atoms with E-state index in [4.69, 9.17) is 4.42 Å². The molecule has 0 N–H and O–H groups in total. The fourth-order valence-electron chi connectivity index (χ4n) is 3.28. The molecular formula is C17H20N8O4. The van der Waals surface area contributed by atoms with Gasteiger partial charge >= 0.3 is 5.82 Å². The zero-order chi connectivity index (χ0) is 20.4. The van der Waals surface area contributed by atoms with Crippen LogP contribution < -0.4 is 0 Å². The van der Waals surface area contributed by atoms with Gasteiger partial charge in [0.1, 0.15) is 12.7 Å². The predicted octanol–water partition coefficient (Wildman–Crippen LogP) is 0.519. The van der Waals surface area contributed by atoms with Crippen LogP contribution in [0.4, 0.5) is 5.82 Å². The molecule has 0 aromatic carbocycles. The second-order valence-corrected chi connectivity index (χ2v) is 6.80. The summed E-state index contributed by atoms with van der Waals surface area (Å²) in [5.74, 6) is 0.723. The third-order valence-electron chi connectivity index (χ3n) is 4.91. The van der Waals surface area contributed by atoms with Gasteiger partial charge in [0, 0.05) is 32.7 Å². The van der Waals surface area contributed by atoms with E-state index < -0.39 is 4.92 Å². The van der Waals surface area contributed by atoms with Crippen LogP contribution in [0.25, 0.3) is 0 Å². The van der Waals surface area contributed by atoms with E-state index in [-0.39, 0.29) is 11.7 Å². The van der Waals surface area contributed by atoms with Crippen LogP contribution in [-0.2, 0) is 20.1 Å². The Morgan fingerprint density at radius 3 is 2.72 bits per heavy atom. The molecule has 0 atom stereocenters. The number of piperazine rings is 1. The number of rotatable bonds is 6. The minimum Gasteiger partial charge on any atom is -0.459 e. The van der Waals surface area contributed by atoms with Gasteiger partial charge in [0.05, 0.1) is 25.2 Å². The van der Waals surface area contributed by atoms with Gasteiger partial charge in [-0.05, 0) is 17.1 Å². The van der Waals surface area contributed by atoms with Gasteiger partial charge in [0.15, 0.2) is 5.76 Å². The maximum Gasteiger partial charge on any atom is 0.342 e. The fraction of sp³-hybridized carbons (Fsp3) is 0.412. The average molecular weight is 400 g/mol. The minimum atomic E-state index is -0.473. The quantitative estimate of drug-likeness (QED) is 0.433. The van der Waals surface area contributed by atoms with Crippen LogP contribution in [0, 0.1) is 10.1 Å². The second-order valence-electron chi connectivity index (χ2n) is 6.80. The molecule has 1 fully saturated rings. The van der Waals surface area contributed by atoms with Crippen molar-refractivity contribution in [3.63, 3.8) is 0 Å². The summed E-state index contributed by atoms with van der Waals surface area (Å²) >= 11 is 0. The molecule has 0 aliphatic carbocycles. The summed E-state index contributed by atoms with van der Waals surface area (Å²) in [6, 6.07) is 3.37. The van der Waals surface area contributed by atoms with Crippen molar-refractivity contribution in [2.24, 2.45) is 7.05 Å². The van der Waals surface area contributed by atoms with Crippen molar-refractivity contribution < 1.29 is 14.1 Å². The Morgan fingerprint density at radius 2 is 2.07 bits per heavy atom. The smallest absolute Gasteiger partial charge is 0.342 e. The summed E-state index contributed by atoms with van der Waals surface area (Å²) < 4.78 is 8.21. The number of hydrogen-bond acceptors (Lipinski definition) is 8. The number of imidazole rings is 1. The van der Waals surface area contributed by atoms with E-state index in [1.807, 2.05) is 0 Å². The number of hydrogen-bond donors (Lipinski definition) is 0. The topological polar surface area (TPSA) is 128 Å². The van der Waals surface area contributed by atoms with Crippen molar-refractivity contribution in [2.75, 3.05) is 26.2 Å². The summed E-state index contributed by atoms with van der Waals surface area (Å²) in [6.07, 6.45) is 4.54. The number of nitro groups is 1. The largest absolute Gasteiger partial charge is 0.459 e. The highest BCUT2D eigenvalue weighted by molar-refractivity contribution is 5.91. The number of carbonyl (C=O) groups excluding carboxylic acids is 1. The maximum absolute atomic E-state index is 12.3. The highest BCUT2D eigenvalue weighted by atomic mass is 16.6. The Hall–Kier alpha value is -3.54. The van der Waals surface area contributed by atoms with Crippen LogP contribution in [0.1, 0.15) is 22.1 Å². The van der Waals surface area contributed by atoms with Crippen molar-refractivity contribution in [1.29, 1.82) is 0 Å². The molecule has 3 aromatic rings. The van der Waals surface area contributed by atoms with Crippen molar-refractivity contribution in [3.05, 3.63) is 58.2 Å². The highest BCUT2D eigenvalue weighted by Gasteiger charge is 2.24. The highest BCUT2D eigenvalue weighted by Crippen LogP contribution is 2.14. The molecule has 0 spiro atoms. The molecule has 3 aromatic heterocycles. The van der Waals surface area contributed by atoms with Crippen LogP contribution >= 0.6 is 0 Å². The van der Waals surface area contributed by atoms with Crippen molar-refractivity contribution in [1.82, 2.24) is 34.3 Å². The Bertz CT molecular complexity index is 1000. The molecule has 29 heavy (non-hydrogen) atoms. The lowest BCUT2D eigenvalue weighted by Crippen LogP contribution is -2.48. The Labute approximate surface area is 165 Å². The summed E-state index contributed by atoms with van der Waals surface area (Å²) in [6.45, 7) is 3.59. The molecule has 1 amide bonds. The standard InChI is InChI=1S/C17H20N8O4/c1-21-15(18-9-16(21)25(27)28)12-24-11-13(19-20-24)10-22-4-6-23(7-5-22)17(26)14-3-2-8-29-14/h2-3,8-9,11H,4-7,10,12H2,1H3. The van der Waals surface area contributed by atoms with Gasteiger partial charge in [-0.2, -0.15) is 0 Å². The van der Waals surface area contributed by atoms with E-state index in [9.17, 15) is 14.9 Å². The number of aromatic nitrogens is 5. The van der Waals surface area contributed by atoms with Gasteiger partial charge < -0.3 is 19.4 Å². The molecule has 0 bridgehead atoms. The molecule has 0 radical (unpaired) electrons. The van der Waals surface area contributed by atoms with E-state index in [0.29, 0.717) is 37.8 Å². The number of amides is 1. The molecule has 12 heteroatoms. The predicted molar refractivity (Wildman–Crippen MR) is 98.9 cm³/mol. The maximum atomic E-state index is 12.3. The first-order valence-corrected chi connectivity index (χ1v) is 9.10. The van der Waals surface area contributed by atoms with Gasteiger partial charge in [-0.3, -0.25) is 9.69 Å². The average Bonchev–Trinajstić information content (AvgIpc) is 3.45. The van der Waals surface area contributed by atoms with Gasteiger partial charge in [-0.25, -0.2) is 14.2 Å². The summed E-state index contributed by atoms with van der Waals surface area (Å²) in [5.41, 5.74) is 0.791. The number of nitrogens with zero attached hydrogens (tertiary/aromatic N) is 8. The lowest BCUT2D eigenvalue weighted by Gasteiger charge is -2.33. The minimum absolute atomic E-state index is 0.0673. The molecule has 1 saturated heterocycles. The first kappa shape index (κ1) is 18.8. The first-order valence-electron chi connectivity index (χ1n) is 9.10. The molecule has 0 saturated carbocycles. The monoisotopic (exact) mass is 400 g/mol. The van der Waals surface area contributed by atoms with Crippen molar-refractivity contribution in [2.45, 2.75) is 13.1 Å². The van der Waals surface area contributed by atoms with Crippen molar-refractivity contribution in [3.8, 4) is 0 Å². The summed E-state index contributed by atoms with van der Waals surface area (Å²) in [5, 5.41) is 19.2. The zero-order valence-corrected chi connectivity index (χ0v) is 15.8. The Kier molecular flexibility index (Phi) is 5.08. The summed E-state index contributed by atoms with van der Waals surface area (Å²) in [4.78, 5) is 30.8. The van der Waals surface area contributed by atoms with E-state index in [1.165, 1.54) is 17.0 Å².